The Kier molecular flexibility index (Phi) is 8.69. The van der Waals surface area contributed by atoms with Gasteiger partial charge in [-0.25, -0.2) is 4.98 Å². The summed E-state index contributed by atoms with van der Waals surface area (Å²) in [4.78, 5) is 8.08. The number of hydrogen-bond acceptors (Lipinski definition) is 4. The maximum Gasteiger partial charge on any atom is 0.421 e. The van der Waals surface area contributed by atoms with Crippen LogP contribution in [0.2, 0.25) is 0 Å². The lowest BCUT2D eigenvalue weighted by Gasteiger charge is -2.17. The number of hydrogen-bond donors (Lipinski definition) is 2. The predicted molar refractivity (Wildman–Crippen MR) is 128 cm³/mol. The molecular formula is C26H31F3N4. The smallest absolute Gasteiger partial charge is 0.339 e. The average Bonchev–Trinajstić information content (AvgIpc) is 2.79. The number of benzene rings is 2. The molecule has 33 heavy (non-hydrogen) atoms. The molecule has 1 aromatic heterocycles. The molecule has 2 N–H and O–H groups in total. The number of alkyl halides is 3. The van der Waals surface area contributed by atoms with Gasteiger partial charge in [-0.15, -0.1) is 0 Å². The van der Waals surface area contributed by atoms with Gasteiger partial charge in [-0.2, -0.15) is 18.2 Å². The second-order valence-electron chi connectivity index (χ2n) is 8.12. The first-order chi connectivity index (χ1) is 15.9. The van der Waals surface area contributed by atoms with Crippen molar-refractivity contribution < 1.29 is 13.2 Å². The first-order valence-corrected chi connectivity index (χ1v) is 11.6. The summed E-state index contributed by atoms with van der Waals surface area (Å²) < 4.78 is 40.8. The lowest BCUT2D eigenvalue weighted by molar-refractivity contribution is -0.137. The first kappa shape index (κ1) is 24.6. The molecule has 3 rings (SSSR count). The van der Waals surface area contributed by atoms with Crippen molar-refractivity contribution in [1.82, 2.24) is 9.97 Å². The normalized spacial score (nSPS) is 11.4. The van der Waals surface area contributed by atoms with Gasteiger partial charge in [0.15, 0.2) is 0 Å². The van der Waals surface area contributed by atoms with Crippen LogP contribution >= 0.6 is 0 Å². The van der Waals surface area contributed by atoms with E-state index in [1.54, 1.807) is 12.1 Å². The molecule has 0 spiro atoms. The Labute approximate surface area is 193 Å². The maximum atomic E-state index is 13.6. The molecule has 0 saturated carbocycles. The topological polar surface area (TPSA) is 49.8 Å². The van der Waals surface area contributed by atoms with Gasteiger partial charge in [0.05, 0.1) is 0 Å². The SMILES string of the molecule is CCCCCCc1ccc(Nc2ncc(C(F)(F)F)c(Nc3ccccc3CCC)n2)cc1. The van der Waals surface area contributed by atoms with Gasteiger partial charge in [-0.1, -0.05) is 69.9 Å². The number of nitrogens with one attached hydrogen (secondary N) is 2. The molecule has 0 bridgehead atoms. The van der Waals surface area contributed by atoms with Gasteiger partial charge < -0.3 is 10.6 Å². The van der Waals surface area contributed by atoms with E-state index < -0.39 is 11.7 Å². The van der Waals surface area contributed by atoms with Crippen LogP contribution in [0.4, 0.5) is 36.3 Å². The van der Waals surface area contributed by atoms with E-state index >= 15 is 0 Å². The van der Waals surface area contributed by atoms with E-state index in [1.807, 2.05) is 43.3 Å². The van der Waals surface area contributed by atoms with Crippen LogP contribution in [-0.4, -0.2) is 9.97 Å². The molecule has 1 heterocycles. The predicted octanol–water partition coefficient (Wildman–Crippen LogP) is 8.06. The zero-order valence-electron chi connectivity index (χ0n) is 19.2. The third-order valence-corrected chi connectivity index (χ3v) is 5.41. The number of unbranched alkanes of at least 4 members (excludes halogenated alkanes) is 3. The number of rotatable bonds is 11. The first-order valence-electron chi connectivity index (χ1n) is 11.6. The van der Waals surface area contributed by atoms with Gasteiger partial charge >= 0.3 is 6.18 Å². The molecule has 3 aromatic rings. The van der Waals surface area contributed by atoms with Gasteiger partial charge in [-0.3, -0.25) is 0 Å². The quantitative estimate of drug-likeness (QED) is 0.287. The highest BCUT2D eigenvalue weighted by molar-refractivity contribution is 5.65. The minimum absolute atomic E-state index is 0.106. The molecule has 0 atom stereocenters. The summed E-state index contributed by atoms with van der Waals surface area (Å²) in [5.41, 5.74) is 2.61. The third kappa shape index (κ3) is 7.20. The Morgan fingerprint density at radius 2 is 1.58 bits per heavy atom. The van der Waals surface area contributed by atoms with E-state index in [1.165, 1.54) is 24.8 Å². The highest BCUT2D eigenvalue weighted by Gasteiger charge is 2.35. The van der Waals surface area contributed by atoms with Gasteiger partial charge in [0, 0.05) is 17.6 Å². The monoisotopic (exact) mass is 456 g/mol. The molecule has 0 saturated heterocycles. The van der Waals surface area contributed by atoms with Crippen LogP contribution in [-0.2, 0) is 19.0 Å². The standard InChI is InChI=1S/C26H31F3N4/c1-3-5-6-7-11-19-14-16-21(17-15-19)31-25-30-18-22(26(27,28)29)24(33-25)32-23-13-9-8-12-20(23)10-4-2/h8-9,12-18H,3-7,10-11H2,1-2H3,(H2,30,31,32,33). The number of aromatic nitrogens is 2. The molecule has 0 aliphatic carbocycles. The lowest BCUT2D eigenvalue weighted by Crippen LogP contribution is -2.13. The van der Waals surface area contributed by atoms with Crippen LogP contribution in [0.15, 0.2) is 54.7 Å². The number of aryl methyl sites for hydroxylation is 2. The Hall–Kier alpha value is -3.09. The summed E-state index contributed by atoms with van der Waals surface area (Å²) in [6, 6.07) is 15.2. The zero-order valence-corrected chi connectivity index (χ0v) is 19.2. The van der Waals surface area contributed by atoms with Crippen LogP contribution in [0.1, 0.15) is 62.6 Å². The van der Waals surface area contributed by atoms with Crippen molar-refractivity contribution in [3.8, 4) is 0 Å². The largest absolute Gasteiger partial charge is 0.421 e. The number of nitrogens with zero attached hydrogens (tertiary/aromatic N) is 2. The van der Waals surface area contributed by atoms with E-state index in [4.69, 9.17) is 0 Å². The molecule has 4 nitrogen and oxygen atoms in total. The fourth-order valence-corrected chi connectivity index (χ4v) is 3.64. The summed E-state index contributed by atoms with van der Waals surface area (Å²) in [5, 5.41) is 5.91. The number of anilines is 4. The minimum atomic E-state index is -4.57. The number of para-hydroxylation sites is 1. The van der Waals surface area contributed by atoms with Crippen LogP contribution in [0.25, 0.3) is 0 Å². The number of halogens is 3. The summed E-state index contributed by atoms with van der Waals surface area (Å²) in [6.45, 7) is 4.22. The van der Waals surface area contributed by atoms with Gasteiger partial charge in [0.25, 0.3) is 0 Å². The molecule has 7 heteroatoms. The van der Waals surface area contributed by atoms with E-state index in [-0.39, 0.29) is 11.8 Å². The van der Waals surface area contributed by atoms with Crippen LogP contribution in [0.3, 0.4) is 0 Å². The van der Waals surface area contributed by atoms with Gasteiger partial charge in [-0.05, 0) is 48.6 Å². The minimum Gasteiger partial charge on any atom is -0.339 e. The fraction of sp³-hybridized carbons (Fsp3) is 0.385. The molecule has 0 aliphatic rings. The summed E-state index contributed by atoms with van der Waals surface area (Å²) in [7, 11) is 0. The third-order valence-electron chi connectivity index (χ3n) is 5.41. The van der Waals surface area contributed by atoms with E-state index in [2.05, 4.69) is 27.5 Å². The maximum absolute atomic E-state index is 13.6. The van der Waals surface area contributed by atoms with Gasteiger partial charge in [0.1, 0.15) is 11.4 Å². The van der Waals surface area contributed by atoms with Crippen LogP contribution in [0, 0.1) is 0 Å². The average molecular weight is 457 g/mol. The van der Waals surface area contributed by atoms with E-state index in [0.29, 0.717) is 5.69 Å². The second-order valence-corrected chi connectivity index (χ2v) is 8.12. The van der Waals surface area contributed by atoms with Crippen LogP contribution < -0.4 is 10.6 Å². The molecular weight excluding hydrogens is 425 g/mol. The Balaban J connectivity index is 1.79. The van der Waals surface area contributed by atoms with Crippen molar-refractivity contribution in [2.45, 2.75) is 65.0 Å². The lowest BCUT2D eigenvalue weighted by atomic mass is 10.1. The summed E-state index contributed by atoms with van der Waals surface area (Å²) >= 11 is 0. The fourth-order valence-electron chi connectivity index (χ4n) is 3.64. The Bertz CT molecular complexity index is 1020. The molecule has 0 unspecified atom stereocenters. The van der Waals surface area contributed by atoms with Gasteiger partial charge in [0.2, 0.25) is 5.95 Å². The van der Waals surface area contributed by atoms with E-state index in [9.17, 15) is 13.2 Å². The molecule has 0 radical (unpaired) electrons. The summed E-state index contributed by atoms with van der Waals surface area (Å²) in [6.07, 6.45) is 3.72. The highest BCUT2D eigenvalue weighted by atomic mass is 19.4. The summed E-state index contributed by atoms with van der Waals surface area (Å²) in [5.74, 6) is -0.162. The molecule has 0 fully saturated rings. The van der Waals surface area contributed by atoms with Crippen molar-refractivity contribution in [2.75, 3.05) is 10.6 Å². The highest BCUT2D eigenvalue weighted by Crippen LogP contribution is 2.36. The molecule has 0 aliphatic heterocycles. The van der Waals surface area contributed by atoms with Crippen molar-refractivity contribution >= 4 is 23.1 Å². The van der Waals surface area contributed by atoms with Crippen molar-refractivity contribution in [1.29, 1.82) is 0 Å². The van der Waals surface area contributed by atoms with Crippen molar-refractivity contribution in [2.24, 2.45) is 0 Å². The molecule has 176 valence electrons. The Morgan fingerprint density at radius 1 is 0.818 bits per heavy atom. The van der Waals surface area contributed by atoms with E-state index in [0.717, 1.165) is 43.1 Å². The second kappa shape index (κ2) is 11.7. The molecule has 0 amide bonds. The van der Waals surface area contributed by atoms with Crippen LogP contribution in [0.5, 0.6) is 0 Å². The van der Waals surface area contributed by atoms with Crippen molar-refractivity contribution in [3.05, 3.63) is 71.4 Å². The zero-order chi connectivity index (χ0) is 23.7. The molecule has 2 aromatic carbocycles. The van der Waals surface area contributed by atoms with Crippen molar-refractivity contribution in [3.63, 3.8) is 0 Å². The Morgan fingerprint density at radius 3 is 2.27 bits per heavy atom.